The van der Waals surface area contributed by atoms with Gasteiger partial charge in [-0.3, -0.25) is 4.90 Å². The van der Waals surface area contributed by atoms with Gasteiger partial charge in [0.25, 0.3) is 0 Å². The standard InChI is InChI=1S/C17H34N2O2/c1-14(2)8-18-12-17(6-4-5-7-17)13-19-9-15(3)21-16(10-19)11-20/h14-16,18,20H,4-13H2,1-3H3. The number of rotatable bonds is 7. The maximum Gasteiger partial charge on any atom is 0.0936 e. The maximum atomic E-state index is 9.39. The first-order valence-corrected chi connectivity index (χ1v) is 8.72. The zero-order chi connectivity index (χ0) is 15.3. The monoisotopic (exact) mass is 298 g/mol. The van der Waals surface area contributed by atoms with Crippen LogP contribution >= 0.6 is 0 Å². The van der Waals surface area contributed by atoms with E-state index in [0.29, 0.717) is 11.3 Å². The molecule has 4 heteroatoms. The van der Waals surface area contributed by atoms with Crippen LogP contribution in [-0.2, 0) is 4.74 Å². The van der Waals surface area contributed by atoms with Crippen molar-refractivity contribution in [1.29, 1.82) is 0 Å². The first-order valence-electron chi connectivity index (χ1n) is 8.72. The number of nitrogens with one attached hydrogen (secondary N) is 1. The Balaban J connectivity index is 1.89. The largest absolute Gasteiger partial charge is 0.394 e. The lowest BCUT2D eigenvalue weighted by molar-refractivity contribution is -0.102. The van der Waals surface area contributed by atoms with Gasteiger partial charge in [0, 0.05) is 26.2 Å². The van der Waals surface area contributed by atoms with Crippen molar-refractivity contribution in [2.45, 2.75) is 58.7 Å². The minimum atomic E-state index is -0.00386. The van der Waals surface area contributed by atoms with Gasteiger partial charge in [-0.15, -0.1) is 0 Å². The molecule has 0 spiro atoms. The molecule has 2 atom stereocenters. The third kappa shape index (κ3) is 5.20. The Hall–Kier alpha value is -0.160. The van der Waals surface area contributed by atoms with Crippen molar-refractivity contribution in [3.8, 4) is 0 Å². The molecule has 1 saturated carbocycles. The quantitative estimate of drug-likeness (QED) is 0.753. The highest BCUT2D eigenvalue weighted by molar-refractivity contribution is 4.91. The predicted molar refractivity (Wildman–Crippen MR) is 86.5 cm³/mol. The number of hydrogen-bond acceptors (Lipinski definition) is 4. The lowest BCUT2D eigenvalue weighted by Gasteiger charge is -2.41. The second-order valence-corrected chi connectivity index (χ2v) is 7.68. The van der Waals surface area contributed by atoms with Crippen LogP contribution in [-0.4, -0.2) is 61.5 Å². The molecule has 0 aromatic rings. The van der Waals surface area contributed by atoms with Gasteiger partial charge in [0.1, 0.15) is 0 Å². The van der Waals surface area contributed by atoms with Crippen molar-refractivity contribution in [2.24, 2.45) is 11.3 Å². The van der Waals surface area contributed by atoms with Gasteiger partial charge in [0.15, 0.2) is 0 Å². The summed E-state index contributed by atoms with van der Waals surface area (Å²) in [4.78, 5) is 2.53. The third-order valence-electron chi connectivity index (χ3n) is 4.88. The van der Waals surface area contributed by atoms with Crippen molar-refractivity contribution in [3.63, 3.8) is 0 Å². The molecule has 4 nitrogen and oxygen atoms in total. The second-order valence-electron chi connectivity index (χ2n) is 7.68. The Morgan fingerprint density at radius 1 is 1.29 bits per heavy atom. The summed E-state index contributed by atoms with van der Waals surface area (Å²) in [6, 6.07) is 0. The third-order valence-corrected chi connectivity index (χ3v) is 4.88. The molecule has 0 amide bonds. The topological polar surface area (TPSA) is 44.7 Å². The van der Waals surface area contributed by atoms with E-state index in [9.17, 15) is 5.11 Å². The number of aliphatic hydroxyl groups excluding tert-OH is 1. The van der Waals surface area contributed by atoms with E-state index in [1.54, 1.807) is 0 Å². The summed E-state index contributed by atoms with van der Waals surface area (Å²) in [5.41, 5.74) is 0.436. The highest BCUT2D eigenvalue weighted by atomic mass is 16.5. The number of morpholine rings is 1. The molecule has 2 N–H and O–H groups in total. The molecule has 0 radical (unpaired) electrons. The summed E-state index contributed by atoms with van der Waals surface area (Å²) in [6.07, 6.45) is 5.65. The van der Waals surface area contributed by atoms with Gasteiger partial charge in [0.2, 0.25) is 0 Å². The summed E-state index contributed by atoms with van der Waals surface area (Å²) >= 11 is 0. The average molecular weight is 298 g/mol. The zero-order valence-electron chi connectivity index (χ0n) is 14.1. The van der Waals surface area contributed by atoms with Gasteiger partial charge < -0.3 is 15.2 Å². The van der Waals surface area contributed by atoms with E-state index in [-0.39, 0.29) is 18.8 Å². The number of ether oxygens (including phenoxy) is 1. The Kier molecular flexibility index (Phi) is 6.48. The van der Waals surface area contributed by atoms with E-state index in [4.69, 9.17) is 4.74 Å². The van der Waals surface area contributed by atoms with Gasteiger partial charge >= 0.3 is 0 Å². The Morgan fingerprint density at radius 3 is 2.62 bits per heavy atom. The second kappa shape index (κ2) is 7.91. The average Bonchev–Trinajstić information content (AvgIpc) is 2.86. The van der Waals surface area contributed by atoms with Gasteiger partial charge in [0.05, 0.1) is 18.8 Å². The first kappa shape index (κ1) is 17.2. The lowest BCUT2D eigenvalue weighted by atomic mass is 9.85. The molecule has 0 aromatic carbocycles. The van der Waals surface area contributed by atoms with Crippen molar-refractivity contribution in [1.82, 2.24) is 10.2 Å². The Labute approximate surface area is 130 Å². The van der Waals surface area contributed by atoms with E-state index < -0.39 is 0 Å². The summed E-state index contributed by atoms with van der Waals surface area (Å²) < 4.78 is 5.77. The molecule has 2 aliphatic rings. The van der Waals surface area contributed by atoms with Crippen molar-refractivity contribution < 1.29 is 9.84 Å². The smallest absolute Gasteiger partial charge is 0.0936 e. The fraction of sp³-hybridized carbons (Fsp3) is 1.00. The summed E-state index contributed by atoms with van der Waals surface area (Å²) in [7, 11) is 0. The van der Waals surface area contributed by atoms with Gasteiger partial charge in [-0.2, -0.15) is 0 Å². The summed E-state index contributed by atoms with van der Waals surface area (Å²) in [5, 5.41) is 13.1. The Morgan fingerprint density at radius 2 is 2.00 bits per heavy atom. The molecule has 0 aromatic heterocycles. The molecule has 2 rings (SSSR count). The molecule has 2 unspecified atom stereocenters. The number of nitrogens with zero attached hydrogens (tertiary/aromatic N) is 1. The van der Waals surface area contributed by atoms with E-state index in [0.717, 1.165) is 32.7 Å². The van der Waals surface area contributed by atoms with Crippen LogP contribution < -0.4 is 5.32 Å². The highest BCUT2D eigenvalue weighted by Gasteiger charge is 2.37. The molecule has 0 bridgehead atoms. The molecular formula is C17H34N2O2. The van der Waals surface area contributed by atoms with Crippen LogP contribution in [0.3, 0.4) is 0 Å². The lowest BCUT2D eigenvalue weighted by Crippen LogP contribution is -2.52. The predicted octanol–water partition coefficient (Wildman–Crippen LogP) is 1.87. The summed E-state index contributed by atoms with van der Waals surface area (Å²) in [5.74, 6) is 0.714. The maximum absolute atomic E-state index is 9.39. The minimum absolute atomic E-state index is 0.00386. The van der Waals surface area contributed by atoms with Crippen LogP contribution in [0.4, 0.5) is 0 Å². The van der Waals surface area contributed by atoms with Gasteiger partial charge in [-0.05, 0) is 37.6 Å². The zero-order valence-corrected chi connectivity index (χ0v) is 14.1. The van der Waals surface area contributed by atoms with Crippen LogP contribution in [0.2, 0.25) is 0 Å². The van der Waals surface area contributed by atoms with E-state index >= 15 is 0 Å². The van der Waals surface area contributed by atoms with Crippen LogP contribution in [0.1, 0.15) is 46.5 Å². The van der Waals surface area contributed by atoms with E-state index in [1.807, 2.05) is 0 Å². The Bertz CT molecular complexity index is 303. The molecule has 124 valence electrons. The molecule has 2 fully saturated rings. The normalized spacial score (nSPS) is 30.1. The fourth-order valence-electron chi connectivity index (χ4n) is 3.99. The molecule has 1 aliphatic heterocycles. The van der Waals surface area contributed by atoms with Crippen LogP contribution in [0, 0.1) is 11.3 Å². The fourth-order valence-corrected chi connectivity index (χ4v) is 3.99. The molecular weight excluding hydrogens is 264 g/mol. The molecule has 1 saturated heterocycles. The van der Waals surface area contributed by atoms with Crippen LogP contribution in [0.25, 0.3) is 0 Å². The minimum Gasteiger partial charge on any atom is -0.394 e. The number of hydrogen-bond donors (Lipinski definition) is 2. The van der Waals surface area contributed by atoms with Crippen LogP contribution in [0.15, 0.2) is 0 Å². The van der Waals surface area contributed by atoms with E-state index in [2.05, 4.69) is 31.0 Å². The van der Waals surface area contributed by atoms with Crippen molar-refractivity contribution >= 4 is 0 Å². The van der Waals surface area contributed by atoms with E-state index in [1.165, 1.54) is 25.7 Å². The van der Waals surface area contributed by atoms with Gasteiger partial charge in [-0.1, -0.05) is 26.7 Å². The molecule has 1 heterocycles. The van der Waals surface area contributed by atoms with Crippen molar-refractivity contribution in [2.75, 3.05) is 39.3 Å². The number of aliphatic hydroxyl groups is 1. The molecule has 21 heavy (non-hydrogen) atoms. The first-order chi connectivity index (χ1) is 10.0. The summed E-state index contributed by atoms with van der Waals surface area (Å²) in [6.45, 7) is 12.1. The van der Waals surface area contributed by atoms with Crippen molar-refractivity contribution in [3.05, 3.63) is 0 Å². The van der Waals surface area contributed by atoms with Gasteiger partial charge in [-0.25, -0.2) is 0 Å². The van der Waals surface area contributed by atoms with Crippen LogP contribution in [0.5, 0.6) is 0 Å². The molecule has 1 aliphatic carbocycles. The highest BCUT2D eigenvalue weighted by Crippen LogP contribution is 2.38. The SMILES string of the molecule is CC(C)CNCC1(CN2CC(C)OC(CO)C2)CCCC1.